The summed E-state index contributed by atoms with van der Waals surface area (Å²) in [5, 5.41) is 19.0. The normalized spacial score (nSPS) is 10.2. The monoisotopic (exact) mass is 408 g/mol. The fourth-order valence-electron chi connectivity index (χ4n) is 2.37. The van der Waals surface area contributed by atoms with Gasteiger partial charge in [-0.3, -0.25) is 16.2 Å². The smallest absolute Gasteiger partial charge is 0.127 e. The Labute approximate surface area is 174 Å². The van der Waals surface area contributed by atoms with E-state index in [1.165, 1.54) is 0 Å². The first kappa shape index (κ1) is 21.5. The summed E-state index contributed by atoms with van der Waals surface area (Å²) in [7, 11) is 0. The minimum absolute atomic E-state index is 0. The number of hydrazone groups is 1. The molecule has 0 spiro atoms. The van der Waals surface area contributed by atoms with Crippen molar-refractivity contribution in [1.82, 2.24) is 0 Å². The van der Waals surface area contributed by atoms with Gasteiger partial charge in [-0.15, -0.1) is 12.4 Å². The van der Waals surface area contributed by atoms with Crippen LogP contribution in [0.15, 0.2) is 77.9 Å². The van der Waals surface area contributed by atoms with Crippen molar-refractivity contribution in [2.75, 3.05) is 5.43 Å². The van der Waals surface area contributed by atoms with E-state index in [1.807, 2.05) is 36.4 Å². The molecule has 3 aromatic carbocycles. The average Bonchev–Trinajstić information content (AvgIpc) is 2.70. The van der Waals surface area contributed by atoms with Crippen molar-refractivity contribution >= 4 is 36.0 Å². The maximum atomic E-state index is 7.39. The first-order valence-corrected chi connectivity index (χ1v) is 8.47. The SMILES string of the molecule is Cl.N=C(N)c1ccc(N/N=C/c2ccc(Oc3ccc(C(=N)N)cc3)cc2)cc1. The molecule has 7 N–H and O–H groups in total. The number of amidine groups is 2. The van der Waals surface area contributed by atoms with E-state index in [0.717, 1.165) is 11.3 Å². The second-order valence-corrected chi connectivity index (χ2v) is 5.97. The van der Waals surface area contributed by atoms with Gasteiger partial charge < -0.3 is 16.2 Å². The Balaban J connectivity index is 0.00000300. The van der Waals surface area contributed by atoms with Crippen LogP contribution in [0.3, 0.4) is 0 Å². The molecule has 8 heteroatoms. The summed E-state index contributed by atoms with van der Waals surface area (Å²) in [6.07, 6.45) is 1.70. The quantitative estimate of drug-likeness (QED) is 0.230. The molecule has 148 valence electrons. The Hall–Kier alpha value is -3.84. The van der Waals surface area contributed by atoms with E-state index in [4.69, 9.17) is 27.0 Å². The number of anilines is 1. The molecule has 0 aromatic heterocycles. The lowest BCUT2D eigenvalue weighted by Crippen LogP contribution is -2.10. The van der Waals surface area contributed by atoms with E-state index in [-0.39, 0.29) is 24.1 Å². The van der Waals surface area contributed by atoms with Crippen LogP contribution in [0.25, 0.3) is 0 Å². The molecule has 3 rings (SSSR count). The highest BCUT2D eigenvalue weighted by Crippen LogP contribution is 2.21. The molecule has 0 saturated carbocycles. The molecular weight excluding hydrogens is 388 g/mol. The van der Waals surface area contributed by atoms with Crippen LogP contribution in [0.4, 0.5) is 5.69 Å². The van der Waals surface area contributed by atoms with Gasteiger partial charge in [0.05, 0.1) is 11.9 Å². The highest BCUT2D eigenvalue weighted by Gasteiger charge is 2.00. The summed E-state index contributed by atoms with van der Waals surface area (Å²) in [5.74, 6) is 1.42. The Morgan fingerprint density at radius 3 is 1.69 bits per heavy atom. The van der Waals surface area contributed by atoms with E-state index < -0.39 is 0 Å². The van der Waals surface area contributed by atoms with Crippen LogP contribution in [0.1, 0.15) is 16.7 Å². The van der Waals surface area contributed by atoms with Crippen LogP contribution in [-0.4, -0.2) is 17.9 Å². The van der Waals surface area contributed by atoms with Crippen LogP contribution >= 0.6 is 12.4 Å². The van der Waals surface area contributed by atoms with Crippen molar-refractivity contribution in [1.29, 1.82) is 10.8 Å². The lowest BCUT2D eigenvalue weighted by Gasteiger charge is -2.07. The number of ether oxygens (including phenoxy) is 1. The van der Waals surface area contributed by atoms with Crippen molar-refractivity contribution in [3.63, 3.8) is 0 Å². The molecule has 0 fully saturated rings. The lowest BCUT2D eigenvalue weighted by molar-refractivity contribution is 0.482. The van der Waals surface area contributed by atoms with Gasteiger partial charge in [-0.25, -0.2) is 0 Å². The standard InChI is InChI=1S/C21H20N6O.ClH/c22-20(23)15-3-7-17(8-4-15)27-26-13-14-1-9-18(10-2-14)28-19-11-5-16(6-12-19)21(24)25;/h1-13,27H,(H3,22,23)(H3,24,25);1H/b26-13+;. The molecule has 0 aliphatic rings. The number of hydrogen-bond acceptors (Lipinski definition) is 5. The number of benzene rings is 3. The maximum Gasteiger partial charge on any atom is 0.127 e. The zero-order valence-corrected chi connectivity index (χ0v) is 16.2. The van der Waals surface area contributed by atoms with Gasteiger partial charge in [0.2, 0.25) is 0 Å². The summed E-state index contributed by atoms with van der Waals surface area (Å²) < 4.78 is 5.77. The van der Waals surface area contributed by atoms with Gasteiger partial charge in [-0.1, -0.05) is 0 Å². The van der Waals surface area contributed by atoms with Crippen LogP contribution in [0, 0.1) is 10.8 Å². The first-order valence-electron chi connectivity index (χ1n) is 8.47. The number of rotatable bonds is 7. The molecule has 7 nitrogen and oxygen atoms in total. The molecule has 3 aromatic rings. The van der Waals surface area contributed by atoms with Crippen molar-refractivity contribution in [3.8, 4) is 11.5 Å². The van der Waals surface area contributed by atoms with Crippen LogP contribution in [0.5, 0.6) is 11.5 Å². The number of nitrogens with one attached hydrogen (secondary N) is 3. The van der Waals surface area contributed by atoms with Gasteiger partial charge in [0.25, 0.3) is 0 Å². The van der Waals surface area contributed by atoms with Gasteiger partial charge >= 0.3 is 0 Å². The molecule has 0 aliphatic heterocycles. The Morgan fingerprint density at radius 1 is 0.759 bits per heavy atom. The summed E-state index contributed by atoms with van der Waals surface area (Å²) in [4.78, 5) is 0. The molecule has 0 amide bonds. The topological polar surface area (TPSA) is 133 Å². The summed E-state index contributed by atoms with van der Waals surface area (Å²) in [6.45, 7) is 0. The highest BCUT2D eigenvalue weighted by molar-refractivity contribution is 5.95. The van der Waals surface area contributed by atoms with E-state index in [0.29, 0.717) is 22.6 Å². The fourth-order valence-corrected chi connectivity index (χ4v) is 2.37. The van der Waals surface area contributed by atoms with E-state index in [2.05, 4.69) is 10.5 Å². The zero-order valence-electron chi connectivity index (χ0n) is 15.4. The number of nitrogen functional groups attached to an aromatic ring is 2. The minimum atomic E-state index is 0. The third-order valence-electron chi connectivity index (χ3n) is 3.88. The third kappa shape index (κ3) is 6.08. The minimum Gasteiger partial charge on any atom is -0.457 e. The molecular formula is C21H21ClN6O. The zero-order chi connectivity index (χ0) is 19.9. The Bertz CT molecular complexity index is 999. The van der Waals surface area contributed by atoms with Crippen LogP contribution in [0.2, 0.25) is 0 Å². The second-order valence-electron chi connectivity index (χ2n) is 5.97. The van der Waals surface area contributed by atoms with Gasteiger partial charge in [-0.2, -0.15) is 5.10 Å². The van der Waals surface area contributed by atoms with Crippen LogP contribution in [-0.2, 0) is 0 Å². The first-order chi connectivity index (χ1) is 13.5. The highest BCUT2D eigenvalue weighted by atomic mass is 35.5. The summed E-state index contributed by atoms with van der Waals surface area (Å²) >= 11 is 0. The molecule has 0 unspecified atom stereocenters. The van der Waals surface area contributed by atoms with Gasteiger partial charge in [0.15, 0.2) is 0 Å². The molecule has 0 bridgehead atoms. The summed E-state index contributed by atoms with van der Waals surface area (Å²) in [6, 6.07) is 21.6. The van der Waals surface area contributed by atoms with Crippen molar-refractivity contribution < 1.29 is 4.74 Å². The van der Waals surface area contributed by atoms with E-state index in [9.17, 15) is 0 Å². The third-order valence-corrected chi connectivity index (χ3v) is 3.88. The van der Waals surface area contributed by atoms with Gasteiger partial charge in [-0.05, 0) is 78.4 Å². The average molecular weight is 409 g/mol. The Morgan fingerprint density at radius 2 is 1.21 bits per heavy atom. The molecule has 0 aliphatic carbocycles. The van der Waals surface area contributed by atoms with Gasteiger partial charge in [0.1, 0.15) is 23.2 Å². The van der Waals surface area contributed by atoms with Gasteiger partial charge in [0, 0.05) is 11.1 Å². The second kappa shape index (κ2) is 9.91. The van der Waals surface area contributed by atoms with E-state index in [1.54, 1.807) is 42.6 Å². The number of nitrogens with zero attached hydrogens (tertiary/aromatic N) is 1. The molecule has 0 radical (unpaired) electrons. The van der Waals surface area contributed by atoms with Crippen molar-refractivity contribution in [2.24, 2.45) is 16.6 Å². The number of nitrogens with two attached hydrogens (primary N) is 2. The number of halogens is 1. The number of hydrogen-bond donors (Lipinski definition) is 5. The van der Waals surface area contributed by atoms with Crippen molar-refractivity contribution in [3.05, 3.63) is 89.5 Å². The van der Waals surface area contributed by atoms with Crippen LogP contribution < -0.4 is 21.6 Å². The largest absolute Gasteiger partial charge is 0.457 e. The van der Waals surface area contributed by atoms with Crippen molar-refractivity contribution in [2.45, 2.75) is 0 Å². The predicted octanol–water partition coefficient (Wildman–Crippen LogP) is 3.91. The molecule has 0 atom stereocenters. The molecule has 0 saturated heterocycles. The lowest BCUT2D eigenvalue weighted by atomic mass is 10.2. The maximum absolute atomic E-state index is 7.39. The molecule has 0 heterocycles. The molecule has 29 heavy (non-hydrogen) atoms. The van der Waals surface area contributed by atoms with E-state index >= 15 is 0 Å². The Kier molecular flexibility index (Phi) is 7.33. The predicted molar refractivity (Wildman–Crippen MR) is 120 cm³/mol. The summed E-state index contributed by atoms with van der Waals surface area (Å²) in [5.41, 5.74) is 16.8. The fraction of sp³-hybridized carbons (Fsp3) is 0.